The van der Waals surface area contributed by atoms with Gasteiger partial charge in [0.25, 0.3) is 0 Å². The first kappa shape index (κ1) is 10.5. The van der Waals surface area contributed by atoms with Crippen LogP contribution in [-0.4, -0.2) is 18.4 Å². The van der Waals surface area contributed by atoms with E-state index in [1.54, 1.807) is 20.3 Å². The number of aliphatic hydroxyl groups excluding tert-OH is 1. The highest BCUT2D eigenvalue weighted by molar-refractivity contribution is 7.70. The number of hydrogen-bond donors (Lipinski definition) is 1. The lowest BCUT2D eigenvalue weighted by atomic mass is 10.1. The molecule has 1 atom stereocenters. The van der Waals surface area contributed by atoms with E-state index in [0.717, 1.165) is 10.9 Å². The van der Waals surface area contributed by atoms with Gasteiger partial charge in [-0.3, -0.25) is 0 Å². The molecule has 1 aromatic rings. The number of aliphatic hydroxyl groups is 1. The highest BCUT2D eigenvalue weighted by Gasteiger charge is 2.10. The molecule has 0 saturated carbocycles. The zero-order chi connectivity index (χ0) is 10.1. The van der Waals surface area contributed by atoms with Crippen LogP contribution in [0, 0.1) is 0 Å². The van der Waals surface area contributed by atoms with Crippen LogP contribution in [0.5, 0.6) is 0 Å². The van der Waals surface area contributed by atoms with E-state index in [0.29, 0.717) is 0 Å². The monoisotopic (exact) mass is 198 g/mol. The van der Waals surface area contributed by atoms with Crippen molar-refractivity contribution in [2.24, 2.45) is 0 Å². The summed E-state index contributed by atoms with van der Waals surface area (Å²) in [5.74, 6) is 0. The van der Waals surface area contributed by atoms with Crippen LogP contribution in [0.2, 0.25) is 0 Å². The topological polar surface area (TPSA) is 37.3 Å². The van der Waals surface area contributed by atoms with Gasteiger partial charge in [0.15, 0.2) is 0 Å². The lowest BCUT2D eigenvalue weighted by molar-refractivity contribution is 0.199. The number of benzene rings is 1. The smallest absolute Gasteiger partial charge is 0.109 e. The second-order valence-corrected chi connectivity index (χ2v) is 6.84. The van der Waals surface area contributed by atoms with E-state index in [2.05, 4.69) is 0 Å². The normalized spacial score (nSPS) is 14.2. The summed E-state index contributed by atoms with van der Waals surface area (Å²) >= 11 is 0. The minimum Gasteiger partial charge on any atom is -0.389 e. The van der Waals surface area contributed by atoms with Crippen LogP contribution in [0.15, 0.2) is 24.3 Å². The first-order valence-corrected chi connectivity index (χ1v) is 6.85. The molecule has 0 aromatic heterocycles. The molecule has 72 valence electrons. The zero-order valence-electron chi connectivity index (χ0n) is 8.19. The van der Waals surface area contributed by atoms with E-state index in [1.807, 2.05) is 24.3 Å². The Hall–Kier alpha value is -0.590. The van der Waals surface area contributed by atoms with E-state index in [-0.39, 0.29) is 0 Å². The predicted molar refractivity (Wildman–Crippen MR) is 56.2 cm³/mol. The van der Waals surface area contributed by atoms with Crippen LogP contribution in [0.4, 0.5) is 0 Å². The molecule has 0 aliphatic heterocycles. The molecule has 1 unspecified atom stereocenters. The lowest BCUT2D eigenvalue weighted by Gasteiger charge is -2.09. The van der Waals surface area contributed by atoms with E-state index in [9.17, 15) is 9.67 Å². The molecule has 13 heavy (non-hydrogen) atoms. The molecule has 0 radical (unpaired) electrons. The van der Waals surface area contributed by atoms with Crippen molar-refractivity contribution >= 4 is 12.4 Å². The summed E-state index contributed by atoms with van der Waals surface area (Å²) in [6.07, 6.45) is -0.456. The molecular weight excluding hydrogens is 183 g/mol. The molecule has 0 bridgehead atoms. The minimum absolute atomic E-state index is 0.456. The second-order valence-electron chi connectivity index (χ2n) is 3.62. The molecule has 1 aromatic carbocycles. The van der Waals surface area contributed by atoms with Gasteiger partial charge in [0.1, 0.15) is 7.14 Å². The van der Waals surface area contributed by atoms with Crippen molar-refractivity contribution in [1.29, 1.82) is 0 Å². The van der Waals surface area contributed by atoms with Gasteiger partial charge in [-0.2, -0.15) is 0 Å². The maximum atomic E-state index is 11.6. The summed E-state index contributed by atoms with van der Waals surface area (Å²) in [5, 5.41) is 10.1. The highest BCUT2D eigenvalue weighted by Crippen LogP contribution is 2.34. The molecule has 0 saturated heterocycles. The predicted octanol–water partition coefficient (Wildman–Crippen LogP) is 1.99. The Morgan fingerprint density at radius 1 is 1.23 bits per heavy atom. The van der Waals surface area contributed by atoms with Gasteiger partial charge < -0.3 is 9.67 Å². The third-order valence-corrected chi connectivity index (χ3v) is 3.54. The van der Waals surface area contributed by atoms with E-state index in [4.69, 9.17) is 0 Å². The highest BCUT2D eigenvalue weighted by atomic mass is 31.2. The Labute approximate surface area is 79.0 Å². The van der Waals surface area contributed by atoms with E-state index < -0.39 is 13.2 Å². The Morgan fingerprint density at radius 2 is 1.69 bits per heavy atom. The van der Waals surface area contributed by atoms with Crippen LogP contribution in [0.3, 0.4) is 0 Å². The van der Waals surface area contributed by atoms with Crippen LogP contribution < -0.4 is 5.30 Å². The Morgan fingerprint density at radius 3 is 2.00 bits per heavy atom. The van der Waals surface area contributed by atoms with Crippen molar-refractivity contribution in [1.82, 2.24) is 0 Å². The largest absolute Gasteiger partial charge is 0.389 e. The average molecular weight is 198 g/mol. The Bertz CT molecular complexity index is 321. The zero-order valence-corrected chi connectivity index (χ0v) is 9.08. The van der Waals surface area contributed by atoms with E-state index >= 15 is 0 Å². The van der Waals surface area contributed by atoms with Crippen molar-refractivity contribution in [3.8, 4) is 0 Å². The lowest BCUT2D eigenvalue weighted by Crippen LogP contribution is -2.03. The van der Waals surface area contributed by atoms with Gasteiger partial charge in [0.2, 0.25) is 0 Å². The van der Waals surface area contributed by atoms with Crippen LogP contribution in [0.1, 0.15) is 18.6 Å². The first-order chi connectivity index (χ1) is 5.91. The molecule has 3 heteroatoms. The Balaban J connectivity index is 3.01. The third kappa shape index (κ3) is 2.68. The number of rotatable bonds is 2. The van der Waals surface area contributed by atoms with Gasteiger partial charge >= 0.3 is 0 Å². The number of hydrogen-bond acceptors (Lipinski definition) is 2. The molecule has 0 aliphatic rings. The second kappa shape index (κ2) is 3.65. The molecule has 1 rings (SSSR count). The molecule has 0 fully saturated rings. The standard InChI is InChI=1S/C10H15O2P/c1-8(11)9-4-6-10(7-5-9)13(2,3)12/h4-8,11H,1-3H3. The fourth-order valence-electron chi connectivity index (χ4n) is 1.11. The molecule has 0 amide bonds. The molecule has 1 N–H and O–H groups in total. The van der Waals surface area contributed by atoms with Crippen LogP contribution in [0.25, 0.3) is 0 Å². The van der Waals surface area contributed by atoms with Crippen molar-refractivity contribution in [2.45, 2.75) is 13.0 Å². The van der Waals surface area contributed by atoms with Gasteiger partial charge in [-0.1, -0.05) is 24.3 Å². The Kier molecular flexibility index (Phi) is 2.94. The summed E-state index contributed by atoms with van der Waals surface area (Å²) in [6, 6.07) is 7.28. The molecule has 0 heterocycles. The van der Waals surface area contributed by atoms with Crippen LogP contribution >= 0.6 is 7.14 Å². The van der Waals surface area contributed by atoms with Gasteiger partial charge in [-0.05, 0) is 25.8 Å². The van der Waals surface area contributed by atoms with Crippen molar-refractivity contribution < 1.29 is 9.67 Å². The maximum Gasteiger partial charge on any atom is 0.109 e. The molecule has 2 nitrogen and oxygen atoms in total. The maximum absolute atomic E-state index is 11.6. The van der Waals surface area contributed by atoms with Gasteiger partial charge in [0, 0.05) is 5.30 Å². The fourth-order valence-corrected chi connectivity index (χ4v) is 1.98. The van der Waals surface area contributed by atoms with Crippen molar-refractivity contribution in [2.75, 3.05) is 13.3 Å². The summed E-state index contributed by atoms with van der Waals surface area (Å²) in [5.41, 5.74) is 0.859. The van der Waals surface area contributed by atoms with Gasteiger partial charge in [-0.25, -0.2) is 0 Å². The molecular formula is C10H15O2P. The minimum atomic E-state index is -2.15. The van der Waals surface area contributed by atoms with Crippen molar-refractivity contribution in [3.63, 3.8) is 0 Å². The first-order valence-electron chi connectivity index (χ1n) is 4.25. The van der Waals surface area contributed by atoms with Crippen molar-refractivity contribution in [3.05, 3.63) is 29.8 Å². The van der Waals surface area contributed by atoms with E-state index in [1.165, 1.54) is 0 Å². The summed E-state index contributed by atoms with van der Waals surface area (Å²) in [4.78, 5) is 0. The van der Waals surface area contributed by atoms with Gasteiger partial charge in [0.05, 0.1) is 6.10 Å². The van der Waals surface area contributed by atoms with Crippen LogP contribution in [-0.2, 0) is 4.57 Å². The fraction of sp³-hybridized carbons (Fsp3) is 0.400. The summed E-state index contributed by atoms with van der Waals surface area (Å²) in [6.45, 7) is 5.20. The molecule has 0 spiro atoms. The quantitative estimate of drug-likeness (QED) is 0.738. The molecule has 0 aliphatic carbocycles. The third-order valence-electron chi connectivity index (χ3n) is 2.00. The van der Waals surface area contributed by atoms with Gasteiger partial charge in [-0.15, -0.1) is 0 Å². The SMILES string of the molecule is CC(O)c1ccc(P(C)(C)=O)cc1. The summed E-state index contributed by atoms with van der Waals surface area (Å²) < 4.78 is 11.6. The average Bonchev–Trinajstić information content (AvgIpc) is 2.03. The summed E-state index contributed by atoms with van der Waals surface area (Å²) in [7, 11) is -2.15.